The van der Waals surface area contributed by atoms with Gasteiger partial charge in [0.25, 0.3) is 0 Å². The van der Waals surface area contributed by atoms with E-state index in [9.17, 15) is 0 Å². The summed E-state index contributed by atoms with van der Waals surface area (Å²) >= 11 is 0. The second kappa shape index (κ2) is 6.35. The third-order valence-corrected chi connectivity index (χ3v) is 3.96. The molecule has 1 fully saturated rings. The highest BCUT2D eigenvalue weighted by Crippen LogP contribution is 2.35. The number of hydrogen-bond donors (Lipinski definition) is 1. The lowest BCUT2D eigenvalue weighted by Gasteiger charge is -2.39. The van der Waals surface area contributed by atoms with Crippen molar-refractivity contribution in [2.45, 2.75) is 50.7 Å². The molecule has 0 bridgehead atoms. The zero-order valence-electron chi connectivity index (χ0n) is 11.6. The molecule has 100 valence electrons. The Morgan fingerprint density at radius 3 is 2.44 bits per heavy atom. The van der Waals surface area contributed by atoms with E-state index in [1.165, 1.54) is 37.7 Å². The SMILES string of the molecule is CNCC1(OC(C)c2ccccc2)CCCCC1. The number of hydrogen-bond acceptors (Lipinski definition) is 2. The first-order valence-corrected chi connectivity index (χ1v) is 7.13. The Morgan fingerprint density at radius 1 is 1.17 bits per heavy atom. The Labute approximate surface area is 111 Å². The van der Waals surface area contributed by atoms with Crippen LogP contribution in [0.3, 0.4) is 0 Å². The molecular formula is C16H25NO. The van der Waals surface area contributed by atoms with E-state index >= 15 is 0 Å². The monoisotopic (exact) mass is 247 g/mol. The third-order valence-electron chi connectivity index (χ3n) is 3.96. The minimum atomic E-state index is 0.0439. The van der Waals surface area contributed by atoms with Crippen LogP contribution < -0.4 is 5.32 Å². The summed E-state index contributed by atoms with van der Waals surface area (Å²) in [5, 5.41) is 3.31. The maximum Gasteiger partial charge on any atom is 0.0814 e. The number of benzene rings is 1. The van der Waals surface area contributed by atoms with Gasteiger partial charge in [-0.05, 0) is 32.4 Å². The van der Waals surface area contributed by atoms with Crippen molar-refractivity contribution in [2.75, 3.05) is 13.6 Å². The van der Waals surface area contributed by atoms with Gasteiger partial charge in [-0.3, -0.25) is 0 Å². The summed E-state index contributed by atoms with van der Waals surface area (Å²) in [5.74, 6) is 0. The second-order valence-corrected chi connectivity index (χ2v) is 5.44. The molecular weight excluding hydrogens is 222 g/mol. The fourth-order valence-electron chi connectivity index (χ4n) is 3.02. The first kappa shape index (κ1) is 13.6. The predicted molar refractivity (Wildman–Crippen MR) is 75.7 cm³/mol. The molecule has 0 amide bonds. The number of rotatable bonds is 5. The molecule has 1 aliphatic rings. The molecule has 0 spiro atoms. The largest absolute Gasteiger partial charge is 0.366 e. The number of ether oxygens (including phenoxy) is 1. The van der Waals surface area contributed by atoms with Gasteiger partial charge >= 0.3 is 0 Å². The standard InChI is InChI=1S/C16H25NO/c1-14(15-9-5-3-6-10-15)18-16(13-17-2)11-7-4-8-12-16/h3,5-6,9-10,14,17H,4,7-8,11-13H2,1-2H3. The number of nitrogens with one attached hydrogen (secondary N) is 1. The van der Waals surface area contributed by atoms with Crippen LogP contribution in [0.5, 0.6) is 0 Å². The van der Waals surface area contributed by atoms with Gasteiger partial charge in [0, 0.05) is 6.54 Å². The molecule has 2 heteroatoms. The van der Waals surface area contributed by atoms with Gasteiger partial charge in [0.15, 0.2) is 0 Å². The van der Waals surface area contributed by atoms with Crippen molar-refractivity contribution < 1.29 is 4.74 Å². The van der Waals surface area contributed by atoms with Crippen molar-refractivity contribution >= 4 is 0 Å². The predicted octanol–water partition coefficient (Wildman–Crippen LogP) is 3.69. The van der Waals surface area contributed by atoms with E-state index in [0.717, 1.165) is 6.54 Å². The molecule has 1 atom stereocenters. The first-order chi connectivity index (χ1) is 8.76. The van der Waals surface area contributed by atoms with Crippen LogP contribution >= 0.6 is 0 Å². The maximum absolute atomic E-state index is 6.44. The molecule has 2 rings (SSSR count). The molecule has 0 saturated heterocycles. The van der Waals surface area contributed by atoms with Crippen LogP contribution in [0.1, 0.15) is 50.7 Å². The summed E-state index contributed by atoms with van der Waals surface area (Å²) in [6.45, 7) is 3.13. The van der Waals surface area contributed by atoms with E-state index in [1.807, 2.05) is 7.05 Å². The van der Waals surface area contributed by atoms with E-state index in [-0.39, 0.29) is 11.7 Å². The number of likely N-dealkylation sites (N-methyl/N-ethyl adjacent to an activating group) is 1. The normalized spacial score (nSPS) is 20.6. The van der Waals surface area contributed by atoms with E-state index < -0.39 is 0 Å². The van der Waals surface area contributed by atoms with Gasteiger partial charge < -0.3 is 10.1 Å². The summed E-state index contributed by atoms with van der Waals surface area (Å²) in [6, 6.07) is 10.5. The Morgan fingerprint density at radius 2 is 1.83 bits per heavy atom. The van der Waals surface area contributed by atoms with E-state index in [4.69, 9.17) is 4.74 Å². The van der Waals surface area contributed by atoms with E-state index in [1.54, 1.807) is 0 Å². The minimum Gasteiger partial charge on any atom is -0.366 e. The van der Waals surface area contributed by atoms with E-state index in [2.05, 4.69) is 42.6 Å². The van der Waals surface area contributed by atoms with Crippen molar-refractivity contribution in [1.82, 2.24) is 5.32 Å². The van der Waals surface area contributed by atoms with Gasteiger partial charge in [0.1, 0.15) is 0 Å². The maximum atomic E-state index is 6.44. The fourth-order valence-corrected chi connectivity index (χ4v) is 3.02. The van der Waals surface area contributed by atoms with Gasteiger partial charge in [0.05, 0.1) is 11.7 Å². The average molecular weight is 247 g/mol. The van der Waals surface area contributed by atoms with Crippen LogP contribution in [0, 0.1) is 0 Å². The quantitative estimate of drug-likeness (QED) is 0.857. The zero-order chi connectivity index (χ0) is 12.8. The molecule has 1 N–H and O–H groups in total. The second-order valence-electron chi connectivity index (χ2n) is 5.44. The molecule has 0 heterocycles. The summed E-state index contributed by atoms with van der Waals surface area (Å²) in [7, 11) is 2.02. The van der Waals surface area contributed by atoms with Gasteiger partial charge in [-0.15, -0.1) is 0 Å². The van der Waals surface area contributed by atoms with Crippen LogP contribution in [-0.2, 0) is 4.74 Å². The lowest BCUT2D eigenvalue weighted by molar-refractivity contribution is -0.107. The van der Waals surface area contributed by atoms with Crippen molar-refractivity contribution in [2.24, 2.45) is 0 Å². The van der Waals surface area contributed by atoms with Crippen LogP contribution in [0.25, 0.3) is 0 Å². The van der Waals surface area contributed by atoms with Crippen LogP contribution in [-0.4, -0.2) is 19.2 Å². The van der Waals surface area contributed by atoms with Crippen molar-refractivity contribution in [3.8, 4) is 0 Å². The van der Waals surface area contributed by atoms with Crippen molar-refractivity contribution in [3.63, 3.8) is 0 Å². The van der Waals surface area contributed by atoms with Crippen LogP contribution in [0.2, 0.25) is 0 Å². The summed E-state index contributed by atoms with van der Waals surface area (Å²) < 4.78 is 6.44. The van der Waals surface area contributed by atoms with Gasteiger partial charge in [0.2, 0.25) is 0 Å². The molecule has 1 aromatic rings. The highest BCUT2D eigenvalue weighted by Gasteiger charge is 2.34. The molecule has 1 saturated carbocycles. The Balaban J connectivity index is 2.04. The summed E-state index contributed by atoms with van der Waals surface area (Å²) in [4.78, 5) is 0. The molecule has 0 aliphatic heterocycles. The lowest BCUT2D eigenvalue weighted by atomic mass is 9.84. The fraction of sp³-hybridized carbons (Fsp3) is 0.625. The van der Waals surface area contributed by atoms with Crippen molar-refractivity contribution in [1.29, 1.82) is 0 Å². The molecule has 18 heavy (non-hydrogen) atoms. The molecule has 0 radical (unpaired) electrons. The van der Waals surface area contributed by atoms with Gasteiger partial charge in [-0.25, -0.2) is 0 Å². The minimum absolute atomic E-state index is 0.0439. The highest BCUT2D eigenvalue weighted by atomic mass is 16.5. The van der Waals surface area contributed by atoms with E-state index in [0.29, 0.717) is 0 Å². The molecule has 1 aromatic carbocycles. The first-order valence-electron chi connectivity index (χ1n) is 7.13. The third kappa shape index (κ3) is 3.33. The Kier molecular flexibility index (Phi) is 4.79. The summed E-state index contributed by atoms with van der Waals surface area (Å²) in [5.41, 5.74) is 1.32. The van der Waals surface area contributed by atoms with Crippen LogP contribution in [0.4, 0.5) is 0 Å². The summed E-state index contributed by atoms with van der Waals surface area (Å²) in [6.07, 6.45) is 6.49. The smallest absolute Gasteiger partial charge is 0.0814 e. The van der Waals surface area contributed by atoms with Gasteiger partial charge in [-0.2, -0.15) is 0 Å². The van der Waals surface area contributed by atoms with Gasteiger partial charge in [-0.1, -0.05) is 49.6 Å². The Hall–Kier alpha value is -0.860. The lowest BCUT2D eigenvalue weighted by Crippen LogP contribution is -2.44. The van der Waals surface area contributed by atoms with Crippen molar-refractivity contribution in [3.05, 3.63) is 35.9 Å². The Bertz CT molecular complexity index is 338. The molecule has 0 aromatic heterocycles. The highest BCUT2D eigenvalue weighted by molar-refractivity contribution is 5.17. The van der Waals surface area contributed by atoms with Crippen LogP contribution in [0.15, 0.2) is 30.3 Å². The average Bonchev–Trinajstić information content (AvgIpc) is 2.41. The molecule has 2 nitrogen and oxygen atoms in total. The topological polar surface area (TPSA) is 21.3 Å². The zero-order valence-corrected chi connectivity index (χ0v) is 11.6. The molecule has 1 aliphatic carbocycles. The molecule has 1 unspecified atom stereocenters.